The van der Waals surface area contributed by atoms with Crippen LogP contribution in [0.4, 0.5) is 0 Å². The minimum Gasteiger partial charge on any atom is -0.497 e. The molecule has 0 atom stereocenters. The zero-order chi connectivity index (χ0) is 19.1. The van der Waals surface area contributed by atoms with Crippen molar-refractivity contribution in [2.45, 2.75) is 6.54 Å². The van der Waals surface area contributed by atoms with Gasteiger partial charge in [0.25, 0.3) is 5.91 Å². The fourth-order valence-corrected chi connectivity index (χ4v) is 2.31. The van der Waals surface area contributed by atoms with Crippen LogP contribution in [0.5, 0.6) is 17.2 Å². The average molecular weight is 369 g/mol. The van der Waals surface area contributed by atoms with E-state index in [9.17, 15) is 4.79 Å². The quantitative estimate of drug-likeness (QED) is 0.640. The number of hydrogen-bond donors (Lipinski definition) is 1. The first-order valence-electron chi connectivity index (χ1n) is 8.15. The molecule has 0 fully saturated rings. The summed E-state index contributed by atoms with van der Waals surface area (Å²) < 4.78 is 17.2. The summed E-state index contributed by atoms with van der Waals surface area (Å²) in [6.45, 7) is 0.0383. The fourth-order valence-electron chi connectivity index (χ4n) is 2.31. The lowest BCUT2D eigenvalue weighted by atomic mass is 10.3. The van der Waals surface area contributed by atoms with Crippen molar-refractivity contribution in [2.75, 3.05) is 20.8 Å². The second kappa shape index (κ2) is 8.65. The molecule has 0 radical (unpaired) electrons. The summed E-state index contributed by atoms with van der Waals surface area (Å²) in [7, 11) is 3.17. The van der Waals surface area contributed by atoms with Crippen LogP contribution in [-0.2, 0) is 11.3 Å². The van der Waals surface area contributed by atoms with Gasteiger partial charge in [-0.1, -0.05) is 6.07 Å². The van der Waals surface area contributed by atoms with Gasteiger partial charge in [-0.2, -0.15) is 4.68 Å². The Balaban J connectivity index is 1.55. The molecule has 0 saturated heterocycles. The number of rotatable bonds is 8. The number of aromatic nitrogens is 4. The molecule has 0 bridgehead atoms. The van der Waals surface area contributed by atoms with Crippen LogP contribution >= 0.6 is 0 Å². The fraction of sp³-hybridized carbons (Fsp3) is 0.222. The van der Waals surface area contributed by atoms with Gasteiger partial charge in [0.05, 0.1) is 26.5 Å². The van der Waals surface area contributed by atoms with E-state index in [-0.39, 0.29) is 19.1 Å². The molecule has 9 heteroatoms. The number of nitrogens with one attached hydrogen (secondary N) is 1. The van der Waals surface area contributed by atoms with Gasteiger partial charge in [-0.3, -0.25) is 4.79 Å². The van der Waals surface area contributed by atoms with Crippen molar-refractivity contribution >= 4 is 5.91 Å². The number of benzene rings is 2. The largest absolute Gasteiger partial charge is 0.497 e. The molecule has 0 aliphatic heterocycles. The van der Waals surface area contributed by atoms with Crippen LogP contribution in [0.1, 0.15) is 5.82 Å². The van der Waals surface area contributed by atoms with Crippen LogP contribution in [0.15, 0.2) is 48.5 Å². The van der Waals surface area contributed by atoms with E-state index in [0.29, 0.717) is 17.3 Å². The molecule has 3 rings (SSSR count). The van der Waals surface area contributed by atoms with E-state index in [2.05, 4.69) is 20.8 Å². The van der Waals surface area contributed by atoms with Gasteiger partial charge in [-0.15, -0.1) is 5.10 Å². The predicted octanol–water partition coefficient (Wildman–Crippen LogP) is 1.37. The number of amides is 1. The number of carbonyl (C=O) groups excluding carboxylic acids is 1. The summed E-state index contributed by atoms with van der Waals surface area (Å²) in [5.74, 6) is 2.15. The third kappa shape index (κ3) is 4.72. The van der Waals surface area contributed by atoms with Gasteiger partial charge in [-0.25, -0.2) is 0 Å². The van der Waals surface area contributed by atoms with Gasteiger partial charge in [0.15, 0.2) is 12.4 Å². The first kappa shape index (κ1) is 18.2. The predicted molar refractivity (Wildman–Crippen MR) is 96.0 cm³/mol. The van der Waals surface area contributed by atoms with Gasteiger partial charge >= 0.3 is 0 Å². The van der Waals surface area contributed by atoms with E-state index < -0.39 is 0 Å². The van der Waals surface area contributed by atoms with Crippen molar-refractivity contribution in [3.05, 3.63) is 54.4 Å². The molecule has 2 aromatic carbocycles. The number of nitrogens with zero attached hydrogens (tertiary/aromatic N) is 4. The van der Waals surface area contributed by atoms with Crippen LogP contribution in [0, 0.1) is 0 Å². The van der Waals surface area contributed by atoms with Gasteiger partial charge in [0, 0.05) is 6.07 Å². The SMILES string of the molecule is COc1ccc(-n2nnnc2CNC(=O)COc2cccc(OC)c2)cc1. The molecule has 9 nitrogen and oxygen atoms in total. The molecule has 0 unspecified atom stereocenters. The zero-order valence-electron chi connectivity index (χ0n) is 15.0. The van der Waals surface area contributed by atoms with E-state index in [4.69, 9.17) is 14.2 Å². The molecule has 1 amide bonds. The molecule has 1 heterocycles. The number of methoxy groups -OCH3 is 2. The number of tetrazole rings is 1. The summed E-state index contributed by atoms with van der Waals surface area (Å²) in [5, 5.41) is 14.3. The van der Waals surface area contributed by atoms with Crippen LogP contribution in [0.25, 0.3) is 5.69 Å². The minimum absolute atomic E-state index is 0.128. The van der Waals surface area contributed by atoms with Gasteiger partial charge in [0.1, 0.15) is 17.2 Å². The summed E-state index contributed by atoms with van der Waals surface area (Å²) in [6.07, 6.45) is 0. The Morgan fingerprint density at radius 3 is 2.52 bits per heavy atom. The number of hydrogen-bond acceptors (Lipinski definition) is 7. The third-order valence-electron chi connectivity index (χ3n) is 3.71. The third-order valence-corrected chi connectivity index (χ3v) is 3.71. The Morgan fingerprint density at radius 1 is 1.04 bits per heavy atom. The minimum atomic E-state index is -0.290. The highest BCUT2D eigenvalue weighted by molar-refractivity contribution is 5.77. The lowest BCUT2D eigenvalue weighted by Crippen LogP contribution is -2.29. The average Bonchev–Trinajstić information content (AvgIpc) is 3.19. The zero-order valence-corrected chi connectivity index (χ0v) is 15.0. The lowest BCUT2D eigenvalue weighted by molar-refractivity contribution is -0.123. The van der Waals surface area contributed by atoms with E-state index in [1.807, 2.05) is 12.1 Å². The molecule has 1 N–H and O–H groups in total. The molecule has 0 aliphatic rings. The van der Waals surface area contributed by atoms with E-state index in [0.717, 1.165) is 11.4 Å². The van der Waals surface area contributed by atoms with Crippen molar-refractivity contribution in [2.24, 2.45) is 0 Å². The van der Waals surface area contributed by atoms with Crippen LogP contribution in [0.3, 0.4) is 0 Å². The van der Waals surface area contributed by atoms with Crippen LogP contribution in [0.2, 0.25) is 0 Å². The highest BCUT2D eigenvalue weighted by Crippen LogP contribution is 2.18. The number of carbonyl (C=O) groups is 1. The maximum Gasteiger partial charge on any atom is 0.258 e. The van der Waals surface area contributed by atoms with Crippen molar-refractivity contribution in [1.82, 2.24) is 25.5 Å². The van der Waals surface area contributed by atoms with E-state index >= 15 is 0 Å². The van der Waals surface area contributed by atoms with Crippen LogP contribution in [-0.4, -0.2) is 46.9 Å². The second-order valence-corrected chi connectivity index (χ2v) is 5.45. The summed E-state index contributed by atoms with van der Waals surface area (Å²) >= 11 is 0. The van der Waals surface area contributed by atoms with Crippen molar-refractivity contribution < 1.29 is 19.0 Å². The molecule has 0 aliphatic carbocycles. The molecular formula is C18H19N5O4. The van der Waals surface area contributed by atoms with Crippen molar-refractivity contribution in [1.29, 1.82) is 0 Å². The Morgan fingerprint density at radius 2 is 1.78 bits per heavy atom. The smallest absolute Gasteiger partial charge is 0.258 e. The van der Waals surface area contributed by atoms with E-state index in [1.165, 1.54) is 0 Å². The molecule has 27 heavy (non-hydrogen) atoms. The first-order valence-corrected chi connectivity index (χ1v) is 8.15. The van der Waals surface area contributed by atoms with E-state index in [1.54, 1.807) is 55.3 Å². The van der Waals surface area contributed by atoms with Crippen molar-refractivity contribution in [3.63, 3.8) is 0 Å². The summed E-state index contributed by atoms with van der Waals surface area (Å²) in [4.78, 5) is 12.0. The van der Waals surface area contributed by atoms with Gasteiger partial charge in [-0.05, 0) is 46.8 Å². The maximum absolute atomic E-state index is 12.0. The first-order chi connectivity index (χ1) is 13.2. The highest BCUT2D eigenvalue weighted by atomic mass is 16.5. The summed E-state index contributed by atoms with van der Waals surface area (Å²) in [6, 6.07) is 14.3. The summed E-state index contributed by atoms with van der Waals surface area (Å²) in [5.41, 5.74) is 0.762. The molecule has 140 valence electrons. The van der Waals surface area contributed by atoms with Crippen LogP contribution < -0.4 is 19.5 Å². The normalized spacial score (nSPS) is 10.3. The lowest BCUT2D eigenvalue weighted by Gasteiger charge is -2.09. The highest BCUT2D eigenvalue weighted by Gasteiger charge is 2.11. The standard InChI is InChI=1S/C18H19N5O4/c1-25-14-8-6-13(7-9-14)23-17(20-21-22-23)11-19-18(24)12-27-16-5-3-4-15(10-16)26-2/h3-10H,11-12H2,1-2H3,(H,19,24). The Bertz CT molecular complexity index is 895. The van der Waals surface area contributed by atoms with Crippen molar-refractivity contribution in [3.8, 4) is 22.9 Å². The molecular weight excluding hydrogens is 350 g/mol. The van der Waals surface area contributed by atoms with Gasteiger partial charge < -0.3 is 19.5 Å². The Kier molecular flexibility index (Phi) is 5.83. The Hall–Kier alpha value is -3.62. The maximum atomic E-state index is 12.0. The Labute approximate surface area is 155 Å². The topological polar surface area (TPSA) is 100 Å². The molecule has 1 aromatic heterocycles. The van der Waals surface area contributed by atoms with Gasteiger partial charge in [0.2, 0.25) is 0 Å². The monoisotopic (exact) mass is 369 g/mol. The molecule has 0 saturated carbocycles. The second-order valence-electron chi connectivity index (χ2n) is 5.45. The molecule has 3 aromatic rings. The molecule has 0 spiro atoms. The number of ether oxygens (including phenoxy) is 3.